The number of nitrogens with one attached hydrogen (secondary N) is 2. The number of fused-ring (bicyclic) bond motifs is 1. The molecule has 1 aromatic heterocycles. The van der Waals surface area contributed by atoms with E-state index in [1.165, 1.54) is 6.08 Å². The molecule has 2 amide bonds. The molecule has 1 atom stereocenters. The van der Waals surface area contributed by atoms with Crippen molar-refractivity contribution in [3.05, 3.63) is 59.9 Å². The Morgan fingerprint density at radius 3 is 2.81 bits per heavy atom. The van der Waals surface area contributed by atoms with Crippen molar-refractivity contribution >= 4 is 40.3 Å². The quantitative estimate of drug-likeness (QED) is 0.611. The van der Waals surface area contributed by atoms with Gasteiger partial charge < -0.3 is 19.9 Å². The van der Waals surface area contributed by atoms with Gasteiger partial charge in [0.15, 0.2) is 0 Å². The van der Waals surface area contributed by atoms with Crippen molar-refractivity contribution in [3.63, 3.8) is 0 Å². The number of nitrogens with zero attached hydrogens (tertiary/aromatic N) is 2. The molecule has 0 spiro atoms. The lowest BCUT2D eigenvalue weighted by Gasteiger charge is -2.15. The fourth-order valence-corrected chi connectivity index (χ4v) is 4.10. The highest BCUT2D eigenvalue weighted by molar-refractivity contribution is 6.02. The van der Waals surface area contributed by atoms with E-state index in [-0.39, 0.29) is 17.9 Å². The molecule has 3 aromatic rings. The third-order valence-electron chi connectivity index (χ3n) is 5.71. The Balaban J connectivity index is 1.23. The maximum Gasteiger partial charge on any atom is 0.248 e. The van der Waals surface area contributed by atoms with Crippen molar-refractivity contribution in [2.45, 2.75) is 31.8 Å². The van der Waals surface area contributed by atoms with Gasteiger partial charge in [-0.25, -0.2) is 4.98 Å². The maximum atomic E-state index is 12.4. The Morgan fingerprint density at radius 2 is 2.06 bits per heavy atom. The van der Waals surface area contributed by atoms with E-state index < -0.39 is 0 Å². The Kier molecular flexibility index (Phi) is 5.26. The summed E-state index contributed by atoms with van der Waals surface area (Å²) < 4.78 is 5.69. The summed E-state index contributed by atoms with van der Waals surface area (Å²) in [6.45, 7) is 1.54. The van der Waals surface area contributed by atoms with Crippen LogP contribution >= 0.6 is 0 Å². The van der Waals surface area contributed by atoms with Crippen molar-refractivity contribution in [1.29, 1.82) is 0 Å². The second kappa shape index (κ2) is 8.35. The van der Waals surface area contributed by atoms with Crippen LogP contribution in [-0.4, -0.2) is 34.9 Å². The number of anilines is 2. The van der Waals surface area contributed by atoms with Crippen LogP contribution in [0.3, 0.4) is 0 Å². The molecule has 7 nitrogen and oxygen atoms in total. The zero-order valence-electron chi connectivity index (χ0n) is 17.1. The lowest BCUT2D eigenvalue weighted by Crippen LogP contribution is -2.23. The van der Waals surface area contributed by atoms with Crippen LogP contribution in [0.5, 0.6) is 0 Å². The summed E-state index contributed by atoms with van der Waals surface area (Å²) in [6.07, 6.45) is 6.84. The first kappa shape index (κ1) is 19.5. The predicted octanol–water partition coefficient (Wildman–Crippen LogP) is 4.19. The van der Waals surface area contributed by atoms with Crippen LogP contribution in [0.15, 0.2) is 48.5 Å². The summed E-state index contributed by atoms with van der Waals surface area (Å²) in [5.41, 5.74) is 4.23. The fraction of sp³-hybridized carbons (Fsp3) is 0.292. The highest BCUT2D eigenvalue weighted by atomic mass is 16.5. The number of amides is 2. The van der Waals surface area contributed by atoms with Crippen LogP contribution in [0.2, 0.25) is 0 Å². The van der Waals surface area contributed by atoms with Gasteiger partial charge in [-0.1, -0.05) is 12.1 Å². The smallest absolute Gasteiger partial charge is 0.248 e. The molecule has 2 aliphatic rings. The molecular weight excluding hydrogens is 392 g/mol. The largest absolute Gasteiger partial charge is 0.370 e. The molecule has 0 aliphatic carbocycles. The number of ether oxygens (including phenoxy) is 1. The minimum absolute atomic E-state index is 0.0309. The third kappa shape index (κ3) is 4.22. The Labute approximate surface area is 180 Å². The van der Waals surface area contributed by atoms with E-state index in [1.54, 1.807) is 11.0 Å². The molecule has 7 heteroatoms. The van der Waals surface area contributed by atoms with E-state index >= 15 is 0 Å². The summed E-state index contributed by atoms with van der Waals surface area (Å²) >= 11 is 0. The zero-order valence-corrected chi connectivity index (χ0v) is 17.1. The lowest BCUT2D eigenvalue weighted by atomic mass is 10.2. The third-order valence-corrected chi connectivity index (χ3v) is 5.71. The number of carbonyl (C=O) groups is 2. The van der Waals surface area contributed by atoms with Gasteiger partial charge in [-0.15, -0.1) is 0 Å². The van der Waals surface area contributed by atoms with E-state index in [0.29, 0.717) is 12.1 Å². The number of hydrogen-bond acceptors (Lipinski definition) is 4. The highest BCUT2D eigenvalue weighted by Crippen LogP contribution is 2.28. The summed E-state index contributed by atoms with van der Waals surface area (Å²) in [7, 11) is 0. The maximum absolute atomic E-state index is 12.4. The number of benzene rings is 2. The van der Waals surface area contributed by atoms with E-state index in [1.807, 2.05) is 42.5 Å². The van der Waals surface area contributed by atoms with Crippen molar-refractivity contribution in [1.82, 2.24) is 9.97 Å². The number of imidazole rings is 1. The first-order valence-electron chi connectivity index (χ1n) is 10.7. The SMILES string of the molecule is O=C(/C=C/c1ccc(N2CCCC2=O)cc1)Nc1ccc2nc(C3CCCO3)[nH]c2c1. The van der Waals surface area contributed by atoms with Gasteiger partial charge in [-0.05, 0) is 61.2 Å². The van der Waals surface area contributed by atoms with Crippen LogP contribution in [0.25, 0.3) is 17.1 Å². The molecular formula is C24H24N4O3. The second-order valence-corrected chi connectivity index (χ2v) is 7.92. The molecule has 2 saturated heterocycles. The molecule has 5 rings (SSSR count). The Morgan fingerprint density at radius 1 is 1.19 bits per heavy atom. The molecule has 2 fully saturated rings. The molecule has 0 saturated carbocycles. The number of carbonyl (C=O) groups excluding carboxylic acids is 2. The summed E-state index contributed by atoms with van der Waals surface area (Å²) in [6, 6.07) is 13.3. The first-order chi connectivity index (χ1) is 15.2. The predicted molar refractivity (Wildman–Crippen MR) is 120 cm³/mol. The normalized spacial score (nSPS) is 19.0. The van der Waals surface area contributed by atoms with Crippen LogP contribution in [0, 0.1) is 0 Å². The van der Waals surface area contributed by atoms with Crippen LogP contribution < -0.4 is 10.2 Å². The molecule has 2 aromatic carbocycles. The van der Waals surface area contributed by atoms with Gasteiger partial charge in [0.05, 0.1) is 11.0 Å². The van der Waals surface area contributed by atoms with Gasteiger partial charge in [-0.3, -0.25) is 9.59 Å². The molecule has 31 heavy (non-hydrogen) atoms. The van der Waals surface area contributed by atoms with Crippen molar-refractivity contribution < 1.29 is 14.3 Å². The van der Waals surface area contributed by atoms with Crippen LogP contribution in [0.1, 0.15) is 43.2 Å². The topological polar surface area (TPSA) is 87.3 Å². The van der Waals surface area contributed by atoms with Crippen LogP contribution in [0.4, 0.5) is 11.4 Å². The Hall–Kier alpha value is -3.45. The number of rotatable bonds is 5. The van der Waals surface area contributed by atoms with E-state index in [0.717, 1.165) is 60.5 Å². The van der Waals surface area contributed by atoms with E-state index in [4.69, 9.17) is 4.74 Å². The van der Waals surface area contributed by atoms with E-state index in [2.05, 4.69) is 15.3 Å². The van der Waals surface area contributed by atoms with Crippen molar-refractivity contribution in [2.75, 3.05) is 23.4 Å². The lowest BCUT2D eigenvalue weighted by molar-refractivity contribution is -0.117. The molecule has 0 radical (unpaired) electrons. The van der Waals surface area contributed by atoms with Gasteiger partial charge in [0.2, 0.25) is 11.8 Å². The Bertz CT molecular complexity index is 1140. The average Bonchev–Trinajstić information content (AvgIpc) is 3.53. The van der Waals surface area contributed by atoms with Gasteiger partial charge in [0.1, 0.15) is 11.9 Å². The van der Waals surface area contributed by atoms with Crippen molar-refractivity contribution in [2.24, 2.45) is 0 Å². The number of H-pyrrole nitrogens is 1. The molecule has 2 aliphatic heterocycles. The fourth-order valence-electron chi connectivity index (χ4n) is 4.10. The zero-order chi connectivity index (χ0) is 21.2. The first-order valence-corrected chi connectivity index (χ1v) is 10.7. The summed E-state index contributed by atoms with van der Waals surface area (Å²) in [5, 5.41) is 2.89. The standard InChI is InChI=1S/C24H24N4O3/c29-22(12-7-16-5-9-18(10-6-16)28-13-1-4-23(28)30)25-17-8-11-19-20(15-17)27-24(26-19)21-3-2-14-31-21/h5-12,15,21H,1-4,13-14H2,(H,25,29)(H,26,27)/b12-7+. The minimum atomic E-state index is -0.211. The molecule has 1 unspecified atom stereocenters. The van der Waals surface area contributed by atoms with Gasteiger partial charge in [0.25, 0.3) is 0 Å². The molecule has 0 bridgehead atoms. The summed E-state index contributed by atoms with van der Waals surface area (Å²) in [5.74, 6) is 0.798. The summed E-state index contributed by atoms with van der Waals surface area (Å²) in [4.78, 5) is 33.9. The minimum Gasteiger partial charge on any atom is -0.370 e. The molecule has 158 valence electrons. The monoisotopic (exact) mass is 416 g/mol. The number of aromatic nitrogens is 2. The average molecular weight is 416 g/mol. The second-order valence-electron chi connectivity index (χ2n) is 7.92. The number of hydrogen-bond donors (Lipinski definition) is 2. The number of aromatic amines is 1. The van der Waals surface area contributed by atoms with Crippen molar-refractivity contribution in [3.8, 4) is 0 Å². The van der Waals surface area contributed by atoms with Crippen LogP contribution in [-0.2, 0) is 14.3 Å². The van der Waals surface area contributed by atoms with Gasteiger partial charge >= 0.3 is 0 Å². The highest BCUT2D eigenvalue weighted by Gasteiger charge is 2.22. The molecule has 3 heterocycles. The van der Waals surface area contributed by atoms with E-state index in [9.17, 15) is 9.59 Å². The molecule has 2 N–H and O–H groups in total. The van der Waals surface area contributed by atoms with Gasteiger partial charge in [-0.2, -0.15) is 0 Å². The van der Waals surface area contributed by atoms with Gasteiger partial charge in [0, 0.05) is 37.0 Å².